The highest BCUT2D eigenvalue weighted by atomic mass is 35.5. The molecule has 0 spiro atoms. The number of hydrogen-bond donors (Lipinski definition) is 0. The predicted molar refractivity (Wildman–Crippen MR) is 85.0 cm³/mol. The molecule has 0 N–H and O–H groups in total. The van der Waals surface area contributed by atoms with Crippen molar-refractivity contribution < 1.29 is 17.6 Å². The number of aryl methyl sites for hydroxylation is 1. The van der Waals surface area contributed by atoms with Crippen LogP contribution in [0.3, 0.4) is 0 Å². The van der Waals surface area contributed by atoms with Crippen LogP contribution in [0.5, 0.6) is 0 Å². The zero-order valence-electron chi connectivity index (χ0n) is 13.6. The highest BCUT2D eigenvalue weighted by molar-refractivity contribution is 6.33. The Balaban J connectivity index is 2.33. The Bertz CT molecular complexity index is 1160. The quantitative estimate of drug-likeness (QED) is 0.605. The molecule has 0 aliphatic rings. The summed E-state index contributed by atoms with van der Waals surface area (Å²) in [5.74, 6) is -0.990. The summed E-state index contributed by atoms with van der Waals surface area (Å²) in [5, 5.41) is 10.6. The zero-order chi connectivity index (χ0) is 20.1. The summed E-state index contributed by atoms with van der Waals surface area (Å²) in [6.07, 6.45) is -4.93. The third-order valence-electron chi connectivity index (χ3n) is 3.75. The molecule has 13 heteroatoms. The molecule has 0 amide bonds. The SMILES string of the molecule is Cn1nnnc1-c1cc(-n2c(=O)cc(C(F)(F)F)n(C)c2=O)c(F)cc1Cl. The molecule has 0 saturated carbocycles. The van der Waals surface area contributed by atoms with Gasteiger partial charge in [-0.1, -0.05) is 11.6 Å². The van der Waals surface area contributed by atoms with E-state index in [4.69, 9.17) is 11.6 Å². The van der Waals surface area contributed by atoms with E-state index < -0.39 is 34.6 Å². The van der Waals surface area contributed by atoms with Gasteiger partial charge in [0.15, 0.2) is 5.82 Å². The molecule has 27 heavy (non-hydrogen) atoms. The van der Waals surface area contributed by atoms with Gasteiger partial charge in [0.25, 0.3) is 5.56 Å². The second kappa shape index (κ2) is 6.30. The van der Waals surface area contributed by atoms with Gasteiger partial charge in [-0.05, 0) is 22.6 Å². The molecule has 3 rings (SSSR count). The predicted octanol–water partition coefficient (Wildman–Crippen LogP) is 1.54. The lowest BCUT2D eigenvalue weighted by molar-refractivity contribution is -0.144. The second-order valence-corrected chi connectivity index (χ2v) is 5.86. The maximum absolute atomic E-state index is 14.4. The van der Waals surface area contributed by atoms with Crippen LogP contribution in [0.25, 0.3) is 17.1 Å². The summed E-state index contributed by atoms with van der Waals surface area (Å²) >= 11 is 5.98. The normalized spacial score (nSPS) is 11.8. The summed E-state index contributed by atoms with van der Waals surface area (Å²) in [4.78, 5) is 24.5. The van der Waals surface area contributed by atoms with Crippen LogP contribution in [0.2, 0.25) is 5.02 Å². The Morgan fingerprint density at radius 1 is 1.11 bits per heavy atom. The smallest absolute Gasteiger partial charge is 0.292 e. The number of hydrogen-bond acceptors (Lipinski definition) is 5. The first kappa shape index (κ1) is 18.8. The first-order chi connectivity index (χ1) is 12.5. The lowest BCUT2D eigenvalue weighted by atomic mass is 10.1. The summed E-state index contributed by atoms with van der Waals surface area (Å²) in [6.45, 7) is 0. The van der Waals surface area contributed by atoms with Crippen molar-refractivity contribution in [3.63, 3.8) is 0 Å². The molecule has 0 atom stereocenters. The van der Waals surface area contributed by atoms with E-state index in [1.807, 2.05) is 0 Å². The molecule has 0 radical (unpaired) electrons. The molecule has 2 aromatic heterocycles. The fourth-order valence-corrected chi connectivity index (χ4v) is 2.69. The lowest BCUT2D eigenvalue weighted by Crippen LogP contribution is -2.41. The number of aromatic nitrogens is 6. The van der Waals surface area contributed by atoms with E-state index in [1.165, 1.54) is 11.7 Å². The molecule has 0 unspecified atom stereocenters. The van der Waals surface area contributed by atoms with Gasteiger partial charge in [0.05, 0.1) is 10.7 Å². The van der Waals surface area contributed by atoms with E-state index in [0.717, 1.165) is 19.2 Å². The minimum Gasteiger partial charge on any atom is -0.292 e. The number of alkyl halides is 3. The van der Waals surface area contributed by atoms with Gasteiger partial charge < -0.3 is 0 Å². The lowest BCUT2D eigenvalue weighted by Gasteiger charge is -2.15. The molecule has 3 aromatic rings. The summed E-state index contributed by atoms with van der Waals surface area (Å²) < 4.78 is 54.9. The molecule has 2 heterocycles. The van der Waals surface area contributed by atoms with Crippen LogP contribution in [0.4, 0.5) is 17.6 Å². The van der Waals surface area contributed by atoms with Gasteiger partial charge in [-0.15, -0.1) is 5.10 Å². The van der Waals surface area contributed by atoms with Crippen molar-refractivity contribution >= 4 is 11.6 Å². The summed E-state index contributed by atoms with van der Waals surface area (Å²) in [7, 11) is 2.29. The van der Waals surface area contributed by atoms with Crippen LogP contribution in [0, 0.1) is 5.82 Å². The number of halogens is 5. The molecule has 8 nitrogen and oxygen atoms in total. The monoisotopic (exact) mass is 404 g/mol. The molecule has 142 valence electrons. The van der Waals surface area contributed by atoms with Crippen LogP contribution in [0.1, 0.15) is 5.69 Å². The largest absolute Gasteiger partial charge is 0.431 e. The fourth-order valence-electron chi connectivity index (χ4n) is 2.46. The Kier molecular flexibility index (Phi) is 4.38. The van der Waals surface area contributed by atoms with E-state index in [0.29, 0.717) is 0 Å². The second-order valence-electron chi connectivity index (χ2n) is 5.45. The summed E-state index contributed by atoms with van der Waals surface area (Å²) in [6, 6.07) is 2.03. The van der Waals surface area contributed by atoms with Gasteiger partial charge in [-0.3, -0.25) is 9.36 Å². The molecule has 0 bridgehead atoms. The van der Waals surface area contributed by atoms with Crippen molar-refractivity contribution in [1.29, 1.82) is 0 Å². The molecule has 0 aliphatic carbocycles. The maximum Gasteiger partial charge on any atom is 0.431 e. The first-order valence-electron chi connectivity index (χ1n) is 7.14. The average molecular weight is 405 g/mol. The van der Waals surface area contributed by atoms with Crippen LogP contribution < -0.4 is 11.2 Å². The van der Waals surface area contributed by atoms with Crippen molar-refractivity contribution in [3.8, 4) is 17.1 Å². The van der Waals surface area contributed by atoms with Crippen LogP contribution in [-0.2, 0) is 20.3 Å². The Morgan fingerprint density at radius 2 is 1.78 bits per heavy atom. The average Bonchev–Trinajstić information content (AvgIpc) is 2.97. The van der Waals surface area contributed by atoms with Crippen molar-refractivity contribution in [1.82, 2.24) is 29.3 Å². The van der Waals surface area contributed by atoms with Crippen LogP contribution in [0.15, 0.2) is 27.8 Å². The van der Waals surface area contributed by atoms with E-state index in [2.05, 4.69) is 15.5 Å². The fraction of sp³-hybridized carbons (Fsp3) is 0.214. The van der Waals surface area contributed by atoms with Crippen molar-refractivity contribution in [3.05, 3.63) is 55.6 Å². The highest BCUT2D eigenvalue weighted by Crippen LogP contribution is 2.30. The third-order valence-corrected chi connectivity index (χ3v) is 4.06. The molecular weight excluding hydrogens is 396 g/mol. The van der Waals surface area contributed by atoms with Gasteiger partial charge in [0, 0.05) is 25.7 Å². The number of rotatable bonds is 2. The van der Waals surface area contributed by atoms with E-state index >= 15 is 0 Å². The molecule has 0 fully saturated rings. The maximum atomic E-state index is 14.4. The molecule has 0 saturated heterocycles. The van der Waals surface area contributed by atoms with Gasteiger partial charge in [-0.2, -0.15) is 13.2 Å². The highest BCUT2D eigenvalue weighted by Gasteiger charge is 2.35. The van der Waals surface area contributed by atoms with Crippen molar-refractivity contribution in [2.75, 3.05) is 0 Å². The Morgan fingerprint density at radius 3 is 2.33 bits per heavy atom. The van der Waals surface area contributed by atoms with Crippen molar-refractivity contribution in [2.24, 2.45) is 14.1 Å². The van der Waals surface area contributed by atoms with Crippen LogP contribution >= 0.6 is 11.6 Å². The summed E-state index contributed by atoms with van der Waals surface area (Å²) in [5.41, 5.74) is -4.70. The number of nitrogens with zero attached hydrogens (tertiary/aromatic N) is 6. The minimum atomic E-state index is -4.93. The van der Waals surface area contributed by atoms with Gasteiger partial charge in [0.2, 0.25) is 0 Å². The Hall–Kier alpha value is -3.02. The van der Waals surface area contributed by atoms with E-state index in [1.54, 1.807) is 0 Å². The van der Waals surface area contributed by atoms with E-state index in [9.17, 15) is 27.2 Å². The Labute approximate surface area is 152 Å². The third kappa shape index (κ3) is 3.12. The van der Waals surface area contributed by atoms with Crippen molar-refractivity contribution in [2.45, 2.75) is 6.18 Å². The van der Waals surface area contributed by atoms with E-state index in [-0.39, 0.29) is 31.6 Å². The topological polar surface area (TPSA) is 87.6 Å². The molecule has 1 aromatic carbocycles. The van der Waals surface area contributed by atoms with Gasteiger partial charge >= 0.3 is 11.9 Å². The standard InChI is InChI=1S/C14H9ClF4N6O2/c1-23-10(14(17,18)19)5-11(26)25(13(23)27)9-3-6(7(15)4-8(9)16)12-20-21-22-24(12)2/h3-5H,1-2H3. The van der Waals surface area contributed by atoms with Gasteiger partial charge in [0.1, 0.15) is 11.5 Å². The molecular formula is C14H9ClF4N6O2. The van der Waals surface area contributed by atoms with Crippen LogP contribution in [-0.4, -0.2) is 29.3 Å². The minimum absolute atomic E-state index is 0.0782. The molecule has 0 aliphatic heterocycles. The first-order valence-corrected chi connectivity index (χ1v) is 7.52. The van der Waals surface area contributed by atoms with Gasteiger partial charge in [-0.25, -0.2) is 18.4 Å². The zero-order valence-corrected chi connectivity index (χ0v) is 14.4. The number of benzene rings is 1. The number of tetrazole rings is 1.